The van der Waals surface area contributed by atoms with Gasteiger partial charge in [-0.05, 0) is 38.9 Å². The molecule has 1 fully saturated rings. The molecule has 10 heteroatoms. The summed E-state index contributed by atoms with van der Waals surface area (Å²) in [6.45, 7) is 1.74. The van der Waals surface area contributed by atoms with Gasteiger partial charge in [0.2, 0.25) is 5.91 Å². The van der Waals surface area contributed by atoms with E-state index in [0.717, 1.165) is 13.0 Å². The molecule has 0 unspecified atom stereocenters. The van der Waals surface area contributed by atoms with Crippen LogP contribution in [0.15, 0.2) is 12.1 Å². The molecule has 2 heterocycles. The third-order valence-electron chi connectivity index (χ3n) is 5.64. The monoisotopic (exact) mass is 437 g/mol. The molecule has 2 aromatic rings. The van der Waals surface area contributed by atoms with Crippen molar-refractivity contribution in [3.63, 3.8) is 0 Å². The highest BCUT2D eigenvalue weighted by atomic mass is 35.5. The van der Waals surface area contributed by atoms with E-state index in [1.165, 1.54) is 13.1 Å². The first kappa shape index (κ1) is 20.7. The second-order valence-electron chi connectivity index (χ2n) is 7.84. The zero-order chi connectivity index (χ0) is 21.6. The molecule has 2 aliphatic rings. The molecular weight excluding hydrogens is 416 g/mol. The van der Waals surface area contributed by atoms with Gasteiger partial charge in [0.25, 0.3) is 5.91 Å². The maximum Gasteiger partial charge on any atom is 0.272 e. The van der Waals surface area contributed by atoms with E-state index in [4.69, 9.17) is 11.6 Å². The van der Waals surface area contributed by atoms with Gasteiger partial charge in [0, 0.05) is 26.2 Å². The largest absolute Gasteiger partial charge is 0.357 e. The van der Waals surface area contributed by atoms with Gasteiger partial charge < -0.3 is 20.1 Å². The molecular formula is C20H22ClF2N5O2. The molecule has 2 N–H and O–H groups in total. The zero-order valence-corrected chi connectivity index (χ0v) is 17.4. The number of hydrogen-bond acceptors (Lipinski definition) is 4. The summed E-state index contributed by atoms with van der Waals surface area (Å²) < 4.78 is 30.0. The number of amides is 2. The number of fused-ring (bicyclic) bond motifs is 1. The van der Waals surface area contributed by atoms with Crippen molar-refractivity contribution in [3.8, 4) is 11.4 Å². The van der Waals surface area contributed by atoms with Gasteiger partial charge in [-0.25, -0.2) is 13.8 Å². The first-order chi connectivity index (χ1) is 14.3. The lowest BCUT2D eigenvalue weighted by Crippen LogP contribution is -2.48. The number of likely N-dealkylation sites (N-methyl/N-ethyl adjacent to an activating group) is 1. The van der Waals surface area contributed by atoms with Crippen LogP contribution in [-0.2, 0) is 17.9 Å². The Morgan fingerprint density at radius 3 is 2.60 bits per heavy atom. The Morgan fingerprint density at radius 2 is 1.93 bits per heavy atom. The maximum atomic E-state index is 14.6. The molecule has 7 nitrogen and oxygen atoms in total. The fraction of sp³-hybridized carbons (Fsp3) is 0.450. The molecule has 2 amide bonds. The third kappa shape index (κ3) is 3.56. The Bertz CT molecular complexity index is 1030. The highest BCUT2D eigenvalue weighted by Crippen LogP contribution is 2.36. The van der Waals surface area contributed by atoms with E-state index >= 15 is 0 Å². The molecule has 1 aromatic carbocycles. The van der Waals surface area contributed by atoms with Crippen LogP contribution in [-0.4, -0.2) is 52.4 Å². The minimum atomic E-state index is -0.927. The van der Waals surface area contributed by atoms with Crippen LogP contribution in [0.25, 0.3) is 11.4 Å². The van der Waals surface area contributed by atoms with Gasteiger partial charge in [0.15, 0.2) is 5.69 Å². The second kappa shape index (κ2) is 7.63. The molecule has 0 atom stereocenters. The number of hydrogen-bond donors (Lipinski definition) is 2. The molecule has 0 saturated heterocycles. The van der Waals surface area contributed by atoms with E-state index in [0.29, 0.717) is 37.7 Å². The number of nitrogens with one attached hydrogen (secondary N) is 2. The standard InChI is InChI=1S/C20H22ClF2N5O2/c1-24-19(30)20(4-5-20)26-18(29)16-15-10-27(2)6-3-7-28(15)17(25-16)11-8-12(21)14(23)9-13(11)22/h8-9H,3-7,10H2,1-2H3,(H,24,30)(H,26,29). The molecule has 1 aliphatic heterocycles. The van der Waals surface area contributed by atoms with E-state index in [9.17, 15) is 18.4 Å². The van der Waals surface area contributed by atoms with E-state index in [-0.39, 0.29) is 28.0 Å². The molecule has 1 aromatic heterocycles. The van der Waals surface area contributed by atoms with Crippen LogP contribution < -0.4 is 10.6 Å². The number of imidazole rings is 1. The van der Waals surface area contributed by atoms with E-state index in [1.54, 1.807) is 4.57 Å². The SMILES string of the molecule is CNC(=O)C1(NC(=O)c2nc(-c3cc(Cl)c(F)cc3F)n3c2CN(C)CCC3)CC1. The van der Waals surface area contributed by atoms with Crippen molar-refractivity contribution in [2.75, 3.05) is 20.6 Å². The van der Waals surface area contributed by atoms with Gasteiger partial charge >= 0.3 is 0 Å². The van der Waals surface area contributed by atoms with Crippen LogP contribution in [0.5, 0.6) is 0 Å². The van der Waals surface area contributed by atoms with Crippen molar-refractivity contribution in [1.29, 1.82) is 0 Å². The average molecular weight is 438 g/mol. The van der Waals surface area contributed by atoms with Crippen LogP contribution in [0.2, 0.25) is 5.02 Å². The number of nitrogens with zero attached hydrogens (tertiary/aromatic N) is 3. The predicted molar refractivity (Wildman–Crippen MR) is 107 cm³/mol. The van der Waals surface area contributed by atoms with E-state index in [1.807, 2.05) is 11.9 Å². The van der Waals surface area contributed by atoms with Crippen molar-refractivity contribution in [3.05, 3.63) is 40.2 Å². The van der Waals surface area contributed by atoms with Gasteiger partial charge in [-0.15, -0.1) is 0 Å². The smallest absolute Gasteiger partial charge is 0.272 e. The third-order valence-corrected chi connectivity index (χ3v) is 5.93. The van der Waals surface area contributed by atoms with Crippen LogP contribution >= 0.6 is 11.6 Å². The summed E-state index contributed by atoms with van der Waals surface area (Å²) in [7, 11) is 3.44. The fourth-order valence-corrected chi connectivity index (χ4v) is 4.02. The van der Waals surface area contributed by atoms with Crippen molar-refractivity contribution in [2.45, 2.75) is 37.9 Å². The Hall–Kier alpha value is -2.52. The van der Waals surface area contributed by atoms with Gasteiger partial charge in [0.05, 0.1) is 16.3 Å². The molecule has 160 valence electrons. The molecule has 1 aliphatic carbocycles. The van der Waals surface area contributed by atoms with Gasteiger partial charge in [-0.1, -0.05) is 11.6 Å². The number of rotatable bonds is 4. The van der Waals surface area contributed by atoms with Crippen LogP contribution in [0.3, 0.4) is 0 Å². The van der Waals surface area contributed by atoms with Crippen LogP contribution in [0, 0.1) is 11.6 Å². The summed E-state index contributed by atoms with van der Waals surface area (Å²) in [5, 5.41) is 5.14. The normalized spacial score (nSPS) is 17.8. The minimum Gasteiger partial charge on any atom is -0.357 e. The Kier molecular flexibility index (Phi) is 5.27. The van der Waals surface area contributed by atoms with Crippen molar-refractivity contribution in [2.24, 2.45) is 0 Å². The predicted octanol–water partition coefficient (Wildman–Crippen LogP) is 2.33. The minimum absolute atomic E-state index is 0.0266. The van der Waals surface area contributed by atoms with Crippen molar-refractivity contribution < 1.29 is 18.4 Å². The quantitative estimate of drug-likeness (QED) is 0.719. The first-order valence-corrected chi connectivity index (χ1v) is 10.1. The Labute approximate surface area is 177 Å². The first-order valence-electron chi connectivity index (χ1n) is 9.73. The summed E-state index contributed by atoms with van der Waals surface area (Å²) in [6.07, 6.45) is 1.86. The lowest BCUT2D eigenvalue weighted by Gasteiger charge is -2.16. The lowest BCUT2D eigenvalue weighted by atomic mass is 10.2. The second-order valence-corrected chi connectivity index (χ2v) is 8.24. The van der Waals surface area contributed by atoms with Crippen molar-refractivity contribution in [1.82, 2.24) is 25.1 Å². The number of halogens is 3. The molecule has 30 heavy (non-hydrogen) atoms. The molecule has 0 bridgehead atoms. The topological polar surface area (TPSA) is 79.3 Å². The number of aromatic nitrogens is 2. The Balaban J connectivity index is 1.79. The molecule has 1 saturated carbocycles. The summed E-state index contributed by atoms with van der Waals surface area (Å²) in [5.41, 5.74) is -0.147. The highest BCUT2D eigenvalue weighted by molar-refractivity contribution is 6.31. The fourth-order valence-electron chi connectivity index (χ4n) is 3.85. The van der Waals surface area contributed by atoms with Gasteiger partial charge in [0.1, 0.15) is 23.0 Å². The van der Waals surface area contributed by atoms with Gasteiger partial charge in [-0.3, -0.25) is 9.59 Å². The van der Waals surface area contributed by atoms with Gasteiger partial charge in [-0.2, -0.15) is 0 Å². The van der Waals surface area contributed by atoms with E-state index < -0.39 is 23.1 Å². The van der Waals surface area contributed by atoms with Crippen LogP contribution in [0.4, 0.5) is 8.78 Å². The summed E-state index contributed by atoms with van der Waals surface area (Å²) in [5.74, 6) is -2.20. The van der Waals surface area contributed by atoms with Crippen LogP contribution in [0.1, 0.15) is 35.4 Å². The molecule has 4 rings (SSSR count). The lowest BCUT2D eigenvalue weighted by molar-refractivity contribution is -0.123. The highest BCUT2D eigenvalue weighted by Gasteiger charge is 2.51. The average Bonchev–Trinajstić information content (AvgIpc) is 3.44. The summed E-state index contributed by atoms with van der Waals surface area (Å²) >= 11 is 5.88. The zero-order valence-electron chi connectivity index (χ0n) is 16.7. The summed E-state index contributed by atoms with van der Waals surface area (Å²) in [4.78, 5) is 31.7. The molecule has 0 spiro atoms. The summed E-state index contributed by atoms with van der Waals surface area (Å²) in [6, 6.07) is 1.90. The molecule has 0 radical (unpaired) electrons. The number of benzene rings is 1. The number of carbonyl (C=O) groups excluding carboxylic acids is 2. The van der Waals surface area contributed by atoms with Crippen molar-refractivity contribution >= 4 is 23.4 Å². The maximum absolute atomic E-state index is 14.6. The Morgan fingerprint density at radius 1 is 1.20 bits per heavy atom. The number of carbonyl (C=O) groups is 2. The van der Waals surface area contributed by atoms with E-state index in [2.05, 4.69) is 15.6 Å².